The SMILES string of the molecule is O=C(O)c1cc(I)ccc1Oc1ncnc2c1CCCC2. The largest absolute Gasteiger partial charge is 0.478 e. The van der Waals surface area contributed by atoms with Gasteiger partial charge >= 0.3 is 5.97 Å². The second-order valence-corrected chi connectivity index (χ2v) is 6.10. The molecule has 5 nitrogen and oxygen atoms in total. The molecule has 2 aromatic rings. The van der Waals surface area contributed by atoms with Crippen LogP contribution in [0.15, 0.2) is 24.5 Å². The van der Waals surface area contributed by atoms with Gasteiger partial charge in [-0.3, -0.25) is 0 Å². The fourth-order valence-electron chi connectivity index (χ4n) is 2.44. The minimum atomic E-state index is -1.01. The number of hydrogen-bond acceptors (Lipinski definition) is 4. The lowest BCUT2D eigenvalue weighted by atomic mass is 9.97. The Kier molecular flexibility index (Phi) is 4.05. The number of halogens is 1. The Balaban J connectivity index is 2.00. The number of aromatic nitrogens is 2. The molecule has 6 heteroatoms. The maximum absolute atomic E-state index is 11.3. The first-order valence-corrected chi connectivity index (χ1v) is 7.76. The minimum absolute atomic E-state index is 0.144. The van der Waals surface area contributed by atoms with E-state index in [1.807, 2.05) is 6.07 Å². The van der Waals surface area contributed by atoms with Crippen LogP contribution in [0.4, 0.5) is 0 Å². The Morgan fingerprint density at radius 2 is 2.05 bits per heavy atom. The molecule has 0 saturated heterocycles. The highest BCUT2D eigenvalue weighted by Crippen LogP contribution is 2.31. The second-order valence-electron chi connectivity index (χ2n) is 4.86. The van der Waals surface area contributed by atoms with Crippen molar-refractivity contribution in [3.8, 4) is 11.6 Å². The summed E-state index contributed by atoms with van der Waals surface area (Å²) in [5, 5.41) is 9.29. The average Bonchev–Trinajstić information content (AvgIpc) is 2.49. The van der Waals surface area contributed by atoms with Crippen LogP contribution in [-0.2, 0) is 12.8 Å². The normalized spacial score (nSPS) is 13.6. The van der Waals surface area contributed by atoms with Crippen LogP contribution >= 0.6 is 22.6 Å². The molecular formula is C15H13IN2O3. The number of rotatable bonds is 3. The predicted molar refractivity (Wildman–Crippen MR) is 84.9 cm³/mol. The number of aryl methyl sites for hydroxylation is 1. The van der Waals surface area contributed by atoms with E-state index in [2.05, 4.69) is 32.6 Å². The van der Waals surface area contributed by atoms with Crippen molar-refractivity contribution >= 4 is 28.6 Å². The molecule has 1 aliphatic rings. The summed E-state index contributed by atoms with van der Waals surface area (Å²) >= 11 is 2.08. The number of hydrogen-bond donors (Lipinski definition) is 1. The van der Waals surface area contributed by atoms with Gasteiger partial charge < -0.3 is 9.84 Å². The number of carboxylic acid groups (broad SMARTS) is 1. The second kappa shape index (κ2) is 5.97. The highest BCUT2D eigenvalue weighted by molar-refractivity contribution is 14.1. The van der Waals surface area contributed by atoms with Crippen molar-refractivity contribution in [2.45, 2.75) is 25.7 Å². The Bertz CT molecular complexity index is 703. The van der Waals surface area contributed by atoms with Crippen molar-refractivity contribution in [2.24, 2.45) is 0 Å². The van der Waals surface area contributed by atoms with E-state index in [0.29, 0.717) is 11.6 Å². The Morgan fingerprint density at radius 1 is 1.24 bits per heavy atom. The summed E-state index contributed by atoms with van der Waals surface area (Å²) in [7, 11) is 0. The maximum Gasteiger partial charge on any atom is 0.339 e. The van der Waals surface area contributed by atoms with Gasteiger partial charge in [0, 0.05) is 9.13 Å². The first-order chi connectivity index (χ1) is 10.1. The smallest absolute Gasteiger partial charge is 0.339 e. The summed E-state index contributed by atoms with van der Waals surface area (Å²) in [6, 6.07) is 5.07. The molecule has 21 heavy (non-hydrogen) atoms. The van der Waals surface area contributed by atoms with E-state index in [-0.39, 0.29) is 5.56 Å². The third-order valence-electron chi connectivity index (χ3n) is 3.46. The van der Waals surface area contributed by atoms with Gasteiger partial charge in [0.2, 0.25) is 5.88 Å². The van der Waals surface area contributed by atoms with Crippen LogP contribution in [-0.4, -0.2) is 21.0 Å². The standard InChI is InChI=1S/C15H13IN2O3/c16-9-5-6-13(11(7-9)15(19)20)21-14-10-3-1-2-4-12(10)17-8-18-14/h5-8H,1-4H2,(H,19,20). The number of benzene rings is 1. The van der Waals surface area contributed by atoms with E-state index in [9.17, 15) is 9.90 Å². The first-order valence-electron chi connectivity index (χ1n) is 6.68. The van der Waals surface area contributed by atoms with Gasteiger partial charge in [0.05, 0.1) is 5.69 Å². The van der Waals surface area contributed by atoms with Gasteiger partial charge in [0.15, 0.2) is 0 Å². The average molecular weight is 396 g/mol. The summed E-state index contributed by atoms with van der Waals surface area (Å²) in [6.45, 7) is 0. The third-order valence-corrected chi connectivity index (χ3v) is 4.14. The van der Waals surface area contributed by atoms with Crippen LogP contribution in [0, 0.1) is 3.57 Å². The fraction of sp³-hybridized carbons (Fsp3) is 0.267. The summed E-state index contributed by atoms with van der Waals surface area (Å²) in [5.74, 6) is -0.218. The predicted octanol–water partition coefficient (Wildman–Crippen LogP) is 3.45. The molecule has 0 fully saturated rings. The molecule has 1 N–H and O–H groups in total. The van der Waals surface area contributed by atoms with Crippen molar-refractivity contribution in [3.63, 3.8) is 0 Å². The molecule has 1 aromatic heterocycles. The number of carboxylic acids is 1. The molecule has 1 heterocycles. The summed E-state index contributed by atoms with van der Waals surface area (Å²) in [6.07, 6.45) is 5.47. The van der Waals surface area contributed by atoms with Gasteiger partial charge in [0.1, 0.15) is 17.6 Å². The van der Waals surface area contributed by atoms with Crippen LogP contribution in [0.1, 0.15) is 34.5 Å². The van der Waals surface area contributed by atoms with E-state index < -0.39 is 5.97 Å². The monoisotopic (exact) mass is 396 g/mol. The molecule has 0 spiro atoms. The van der Waals surface area contributed by atoms with E-state index in [1.165, 1.54) is 6.33 Å². The molecule has 3 rings (SSSR count). The molecule has 0 aliphatic heterocycles. The van der Waals surface area contributed by atoms with E-state index in [4.69, 9.17) is 4.74 Å². The zero-order valence-corrected chi connectivity index (χ0v) is 13.3. The van der Waals surface area contributed by atoms with Crippen LogP contribution in [0.2, 0.25) is 0 Å². The number of fused-ring (bicyclic) bond motifs is 1. The highest BCUT2D eigenvalue weighted by atomic mass is 127. The van der Waals surface area contributed by atoms with E-state index in [0.717, 1.165) is 40.5 Å². The molecule has 0 amide bonds. The Labute approximate surface area is 135 Å². The molecule has 0 atom stereocenters. The van der Waals surface area contributed by atoms with Crippen molar-refractivity contribution in [1.82, 2.24) is 9.97 Å². The van der Waals surface area contributed by atoms with E-state index >= 15 is 0 Å². The van der Waals surface area contributed by atoms with Crippen molar-refractivity contribution in [3.05, 3.63) is 44.9 Å². The van der Waals surface area contributed by atoms with E-state index in [1.54, 1.807) is 12.1 Å². The quantitative estimate of drug-likeness (QED) is 0.805. The Hall–Kier alpha value is -1.70. The fourth-order valence-corrected chi connectivity index (χ4v) is 2.93. The maximum atomic E-state index is 11.3. The summed E-state index contributed by atoms with van der Waals surface area (Å²) in [5.41, 5.74) is 2.15. The topological polar surface area (TPSA) is 72.3 Å². The van der Waals surface area contributed by atoms with Gasteiger partial charge in [0.25, 0.3) is 0 Å². The molecule has 0 bridgehead atoms. The molecule has 1 aliphatic carbocycles. The van der Waals surface area contributed by atoms with Crippen molar-refractivity contribution in [2.75, 3.05) is 0 Å². The lowest BCUT2D eigenvalue weighted by Crippen LogP contribution is -2.09. The van der Waals surface area contributed by atoms with Crippen LogP contribution in [0.3, 0.4) is 0 Å². The lowest BCUT2D eigenvalue weighted by molar-refractivity contribution is 0.0694. The minimum Gasteiger partial charge on any atom is -0.478 e. The van der Waals surface area contributed by atoms with Crippen molar-refractivity contribution in [1.29, 1.82) is 0 Å². The van der Waals surface area contributed by atoms with Crippen molar-refractivity contribution < 1.29 is 14.6 Å². The molecule has 1 aromatic carbocycles. The van der Waals surface area contributed by atoms with Crippen LogP contribution in [0.25, 0.3) is 0 Å². The number of nitrogens with zero attached hydrogens (tertiary/aromatic N) is 2. The lowest BCUT2D eigenvalue weighted by Gasteiger charge is -2.17. The van der Waals surface area contributed by atoms with Gasteiger partial charge in [-0.15, -0.1) is 0 Å². The van der Waals surface area contributed by atoms with Gasteiger partial charge in [-0.2, -0.15) is 0 Å². The molecule has 0 unspecified atom stereocenters. The third kappa shape index (κ3) is 2.99. The Morgan fingerprint density at radius 3 is 2.86 bits per heavy atom. The molecule has 108 valence electrons. The number of ether oxygens (including phenoxy) is 1. The summed E-state index contributed by atoms with van der Waals surface area (Å²) in [4.78, 5) is 19.8. The molecular weight excluding hydrogens is 383 g/mol. The van der Waals surface area contributed by atoms with Gasteiger partial charge in [-0.1, -0.05) is 0 Å². The van der Waals surface area contributed by atoms with Crippen LogP contribution in [0.5, 0.6) is 11.6 Å². The van der Waals surface area contributed by atoms with Gasteiger partial charge in [-0.25, -0.2) is 14.8 Å². The first kappa shape index (κ1) is 14.2. The van der Waals surface area contributed by atoms with Crippen LogP contribution < -0.4 is 4.74 Å². The number of carbonyl (C=O) groups is 1. The molecule has 0 saturated carbocycles. The highest BCUT2D eigenvalue weighted by Gasteiger charge is 2.19. The number of aromatic carboxylic acids is 1. The molecule has 0 radical (unpaired) electrons. The zero-order valence-electron chi connectivity index (χ0n) is 11.2. The summed E-state index contributed by atoms with van der Waals surface area (Å²) < 4.78 is 6.64. The van der Waals surface area contributed by atoms with Gasteiger partial charge in [-0.05, 0) is 66.5 Å². The zero-order chi connectivity index (χ0) is 14.8.